The SMILES string of the molecule is CC(C)(COc1nnccc1C(F)(F)F)NC(=O)C1C2CNC[C@H]21. The zero-order chi connectivity index (χ0) is 17.5. The lowest BCUT2D eigenvalue weighted by Gasteiger charge is -2.27. The third-order valence-electron chi connectivity index (χ3n) is 4.42. The summed E-state index contributed by atoms with van der Waals surface area (Å²) in [6.07, 6.45) is -3.61. The molecular weight excluding hydrogens is 325 g/mol. The molecule has 3 rings (SSSR count). The summed E-state index contributed by atoms with van der Waals surface area (Å²) in [5.41, 5.74) is -1.80. The van der Waals surface area contributed by atoms with E-state index >= 15 is 0 Å². The first kappa shape index (κ1) is 16.9. The van der Waals surface area contributed by atoms with Gasteiger partial charge in [-0.05, 0) is 44.8 Å². The van der Waals surface area contributed by atoms with Crippen molar-refractivity contribution in [3.8, 4) is 5.88 Å². The molecule has 0 bridgehead atoms. The second kappa shape index (κ2) is 5.87. The van der Waals surface area contributed by atoms with Crippen LogP contribution in [0.2, 0.25) is 0 Å². The standard InChI is InChI=1S/C15H19F3N4O2/c1-14(2,21-12(23)11-8-5-19-6-9(8)11)7-24-13-10(15(16,17)18)3-4-20-22-13/h3-4,8-9,11,19H,5-7H2,1-2H3,(H,21,23)/t8-,9?,11?/m1/s1. The normalized spacial score (nSPS) is 26.0. The molecular formula is C15H19F3N4O2. The summed E-state index contributed by atoms with van der Waals surface area (Å²) in [5, 5.41) is 12.9. The van der Waals surface area contributed by atoms with Crippen molar-refractivity contribution in [2.24, 2.45) is 17.8 Å². The summed E-state index contributed by atoms with van der Waals surface area (Å²) in [6.45, 7) is 4.94. The van der Waals surface area contributed by atoms with E-state index in [1.807, 2.05) is 0 Å². The van der Waals surface area contributed by atoms with Crippen LogP contribution in [0.15, 0.2) is 12.3 Å². The molecule has 1 saturated carbocycles. The number of hydrogen-bond acceptors (Lipinski definition) is 5. The summed E-state index contributed by atoms with van der Waals surface area (Å²) in [4.78, 5) is 12.3. The fraction of sp³-hybridized carbons (Fsp3) is 0.667. The highest BCUT2D eigenvalue weighted by atomic mass is 19.4. The number of rotatable bonds is 5. The van der Waals surface area contributed by atoms with Crippen molar-refractivity contribution < 1.29 is 22.7 Å². The third-order valence-corrected chi connectivity index (χ3v) is 4.42. The van der Waals surface area contributed by atoms with Gasteiger partial charge < -0.3 is 15.4 Å². The molecule has 1 aliphatic heterocycles. The van der Waals surface area contributed by atoms with Crippen molar-refractivity contribution in [2.75, 3.05) is 19.7 Å². The number of fused-ring (bicyclic) bond motifs is 1. The van der Waals surface area contributed by atoms with Crippen LogP contribution in [0.4, 0.5) is 13.2 Å². The van der Waals surface area contributed by atoms with Gasteiger partial charge in [0.1, 0.15) is 12.2 Å². The summed E-state index contributed by atoms with van der Waals surface area (Å²) in [5.74, 6) is 0.0833. The molecule has 2 fully saturated rings. The maximum absolute atomic E-state index is 12.9. The Morgan fingerprint density at radius 3 is 2.67 bits per heavy atom. The molecule has 9 heteroatoms. The van der Waals surface area contributed by atoms with E-state index in [-0.39, 0.29) is 18.4 Å². The maximum Gasteiger partial charge on any atom is 0.421 e. The van der Waals surface area contributed by atoms with Crippen LogP contribution < -0.4 is 15.4 Å². The molecule has 0 aromatic carbocycles. The van der Waals surface area contributed by atoms with Crippen LogP contribution in [0.1, 0.15) is 19.4 Å². The van der Waals surface area contributed by atoms with Crippen molar-refractivity contribution >= 4 is 5.91 Å². The molecule has 0 spiro atoms. The number of alkyl halides is 3. The monoisotopic (exact) mass is 344 g/mol. The highest BCUT2D eigenvalue weighted by Gasteiger charge is 2.57. The molecule has 1 aliphatic carbocycles. The molecule has 6 nitrogen and oxygen atoms in total. The first-order chi connectivity index (χ1) is 11.2. The van der Waals surface area contributed by atoms with Gasteiger partial charge in [-0.1, -0.05) is 0 Å². The number of piperidine rings is 1. The van der Waals surface area contributed by atoms with E-state index in [2.05, 4.69) is 20.8 Å². The first-order valence-electron chi connectivity index (χ1n) is 7.73. The minimum Gasteiger partial charge on any atom is -0.474 e. The van der Waals surface area contributed by atoms with Gasteiger partial charge in [0.25, 0.3) is 0 Å². The second-order valence-corrected chi connectivity index (χ2v) is 6.92. The quantitative estimate of drug-likeness (QED) is 0.840. The van der Waals surface area contributed by atoms with Crippen LogP contribution in [-0.2, 0) is 11.0 Å². The van der Waals surface area contributed by atoms with E-state index in [1.165, 1.54) is 0 Å². The van der Waals surface area contributed by atoms with E-state index in [0.717, 1.165) is 25.4 Å². The average Bonchev–Trinajstić information content (AvgIpc) is 2.98. The van der Waals surface area contributed by atoms with Crippen molar-refractivity contribution in [1.82, 2.24) is 20.8 Å². The fourth-order valence-corrected chi connectivity index (χ4v) is 3.15. The molecule has 132 valence electrons. The summed E-state index contributed by atoms with van der Waals surface area (Å²) in [7, 11) is 0. The van der Waals surface area contributed by atoms with Gasteiger partial charge in [0, 0.05) is 5.92 Å². The van der Waals surface area contributed by atoms with Crippen molar-refractivity contribution in [3.05, 3.63) is 17.8 Å². The topological polar surface area (TPSA) is 76.1 Å². The molecule has 2 unspecified atom stereocenters. The van der Waals surface area contributed by atoms with Crippen LogP contribution in [0, 0.1) is 17.8 Å². The van der Waals surface area contributed by atoms with Gasteiger partial charge in [0.15, 0.2) is 0 Å². The molecule has 2 heterocycles. The van der Waals surface area contributed by atoms with Crippen LogP contribution in [0.25, 0.3) is 0 Å². The lowest BCUT2D eigenvalue weighted by Crippen LogP contribution is -2.49. The minimum atomic E-state index is -4.57. The van der Waals surface area contributed by atoms with E-state index in [1.54, 1.807) is 13.8 Å². The zero-order valence-electron chi connectivity index (χ0n) is 13.4. The van der Waals surface area contributed by atoms with Gasteiger partial charge in [0.05, 0.1) is 11.7 Å². The highest BCUT2D eigenvalue weighted by molar-refractivity contribution is 5.83. The van der Waals surface area contributed by atoms with Gasteiger partial charge in [-0.2, -0.15) is 18.3 Å². The second-order valence-electron chi connectivity index (χ2n) is 6.92. The molecule has 1 aromatic heterocycles. The van der Waals surface area contributed by atoms with Crippen LogP contribution in [0.5, 0.6) is 5.88 Å². The van der Waals surface area contributed by atoms with E-state index in [4.69, 9.17) is 4.74 Å². The smallest absolute Gasteiger partial charge is 0.421 e. The van der Waals surface area contributed by atoms with Gasteiger partial charge >= 0.3 is 6.18 Å². The number of hydrogen-bond donors (Lipinski definition) is 2. The van der Waals surface area contributed by atoms with Crippen LogP contribution in [0.3, 0.4) is 0 Å². The predicted octanol–water partition coefficient (Wildman–Crippen LogP) is 1.23. The first-order valence-corrected chi connectivity index (χ1v) is 7.73. The molecule has 0 radical (unpaired) electrons. The number of halogens is 3. The fourth-order valence-electron chi connectivity index (χ4n) is 3.15. The lowest BCUT2D eigenvalue weighted by molar-refractivity contribution is -0.139. The Morgan fingerprint density at radius 1 is 1.38 bits per heavy atom. The minimum absolute atomic E-state index is 0.00669. The van der Waals surface area contributed by atoms with Crippen molar-refractivity contribution in [3.63, 3.8) is 0 Å². The van der Waals surface area contributed by atoms with Gasteiger partial charge in [-0.3, -0.25) is 4.79 Å². The number of carbonyl (C=O) groups excluding carboxylic acids is 1. The van der Waals surface area contributed by atoms with E-state index in [0.29, 0.717) is 11.8 Å². The third kappa shape index (κ3) is 3.45. The molecule has 1 aromatic rings. The van der Waals surface area contributed by atoms with E-state index < -0.39 is 23.2 Å². The van der Waals surface area contributed by atoms with Crippen molar-refractivity contribution in [1.29, 1.82) is 0 Å². The Balaban J connectivity index is 1.58. The number of amides is 1. The van der Waals surface area contributed by atoms with Crippen LogP contribution in [-0.4, -0.2) is 41.3 Å². The molecule has 1 amide bonds. The average molecular weight is 344 g/mol. The Hall–Kier alpha value is -1.90. The Kier molecular flexibility index (Phi) is 4.15. The summed E-state index contributed by atoms with van der Waals surface area (Å²) >= 11 is 0. The zero-order valence-corrected chi connectivity index (χ0v) is 13.4. The van der Waals surface area contributed by atoms with Gasteiger partial charge in [0.2, 0.25) is 11.8 Å². The Morgan fingerprint density at radius 2 is 2.04 bits per heavy atom. The molecule has 2 N–H and O–H groups in total. The highest BCUT2D eigenvalue weighted by Crippen LogP contribution is 2.48. The lowest BCUT2D eigenvalue weighted by atomic mass is 10.1. The van der Waals surface area contributed by atoms with Gasteiger partial charge in [-0.25, -0.2) is 0 Å². The molecule has 1 saturated heterocycles. The number of carbonyl (C=O) groups is 1. The number of ether oxygens (including phenoxy) is 1. The summed E-state index contributed by atoms with van der Waals surface area (Å²) < 4.78 is 43.9. The largest absolute Gasteiger partial charge is 0.474 e. The predicted molar refractivity (Wildman–Crippen MR) is 78.1 cm³/mol. The molecule has 3 atom stereocenters. The Labute approximate surface area is 137 Å². The van der Waals surface area contributed by atoms with E-state index in [9.17, 15) is 18.0 Å². The van der Waals surface area contributed by atoms with Gasteiger partial charge in [-0.15, -0.1) is 5.10 Å². The number of nitrogens with one attached hydrogen (secondary N) is 2. The van der Waals surface area contributed by atoms with Crippen LogP contribution >= 0.6 is 0 Å². The van der Waals surface area contributed by atoms with Crippen molar-refractivity contribution in [2.45, 2.75) is 25.6 Å². The number of nitrogens with zero attached hydrogens (tertiary/aromatic N) is 2. The Bertz CT molecular complexity index is 625. The molecule has 2 aliphatic rings. The number of aromatic nitrogens is 2. The molecule has 24 heavy (non-hydrogen) atoms. The maximum atomic E-state index is 12.9. The summed E-state index contributed by atoms with van der Waals surface area (Å²) in [6, 6.07) is 0.812.